The predicted octanol–water partition coefficient (Wildman–Crippen LogP) is 2.67. The Labute approximate surface area is 93.3 Å². The SMILES string of the molecule is CN=C(C(Cl)=C(C)N)c1ccc(F)cc1. The van der Waals surface area contributed by atoms with E-state index in [9.17, 15) is 4.39 Å². The number of hydrogen-bond acceptors (Lipinski definition) is 2. The molecule has 4 heteroatoms. The van der Waals surface area contributed by atoms with E-state index in [1.54, 1.807) is 26.1 Å². The molecule has 1 rings (SSSR count). The molecular weight excluding hydrogens is 215 g/mol. The first kappa shape index (κ1) is 11.7. The molecule has 80 valence electrons. The Morgan fingerprint density at radius 2 is 1.87 bits per heavy atom. The average Bonchev–Trinajstić information content (AvgIpc) is 2.21. The van der Waals surface area contributed by atoms with Crippen LogP contribution < -0.4 is 5.73 Å². The number of nitrogens with zero attached hydrogens (tertiary/aromatic N) is 1. The summed E-state index contributed by atoms with van der Waals surface area (Å²) < 4.78 is 12.7. The van der Waals surface area contributed by atoms with Crippen molar-refractivity contribution in [3.63, 3.8) is 0 Å². The molecule has 0 fully saturated rings. The third kappa shape index (κ3) is 2.80. The highest BCUT2D eigenvalue weighted by molar-refractivity contribution is 6.46. The van der Waals surface area contributed by atoms with Gasteiger partial charge < -0.3 is 5.73 Å². The van der Waals surface area contributed by atoms with Gasteiger partial charge in [-0.15, -0.1) is 0 Å². The lowest BCUT2D eigenvalue weighted by atomic mass is 10.1. The van der Waals surface area contributed by atoms with Gasteiger partial charge in [0.1, 0.15) is 5.82 Å². The van der Waals surface area contributed by atoms with Crippen LogP contribution in [0, 0.1) is 5.82 Å². The van der Waals surface area contributed by atoms with Crippen LogP contribution in [0.15, 0.2) is 40.0 Å². The largest absolute Gasteiger partial charge is 0.401 e. The van der Waals surface area contributed by atoms with Gasteiger partial charge in [0.25, 0.3) is 0 Å². The molecule has 0 unspecified atom stereocenters. The fourth-order valence-electron chi connectivity index (χ4n) is 1.15. The Balaban J connectivity index is 3.16. The second kappa shape index (κ2) is 4.94. The van der Waals surface area contributed by atoms with Crippen LogP contribution in [-0.4, -0.2) is 12.8 Å². The highest BCUT2D eigenvalue weighted by atomic mass is 35.5. The van der Waals surface area contributed by atoms with E-state index < -0.39 is 0 Å². The summed E-state index contributed by atoms with van der Waals surface area (Å²) in [4.78, 5) is 4.03. The third-order valence-electron chi connectivity index (χ3n) is 1.90. The van der Waals surface area contributed by atoms with Gasteiger partial charge in [-0.1, -0.05) is 11.6 Å². The molecule has 0 bridgehead atoms. The number of rotatable bonds is 2. The average molecular weight is 227 g/mol. The Morgan fingerprint density at radius 1 is 1.33 bits per heavy atom. The molecule has 0 amide bonds. The lowest BCUT2D eigenvalue weighted by Crippen LogP contribution is -2.07. The molecule has 0 heterocycles. The van der Waals surface area contributed by atoms with E-state index in [2.05, 4.69) is 4.99 Å². The molecule has 15 heavy (non-hydrogen) atoms. The summed E-state index contributed by atoms with van der Waals surface area (Å²) in [6, 6.07) is 5.94. The molecule has 0 saturated heterocycles. The minimum absolute atomic E-state index is 0.293. The van der Waals surface area contributed by atoms with Crippen LogP contribution in [0.25, 0.3) is 0 Å². The van der Waals surface area contributed by atoms with Crippen molar-refractivity contribution in [3.05, 3.63) is 46.4 Å². The molecule has 2 N–H and O–H groups in total. The van der Waals surface area contributed by atoms with Crippen molar-refractivity contribution in [1.82, 2.24) is 0 Å². The Morgan fingerprint density at radius 3 is 2.27 bits per heavy atom. The first-order valence-corrected chi connectivity index (χ1v) is 4.79. The lowest BCUT2D eigenvalue weighted by molar-refractivity contribution is 0.628. The molecule has 0 saturated carbocycles. The number of aliphatic imine (C=N–C) groups is 1. The Hall–Kier alpha value is -1.35. The zero-order valence-electron chi connectivity index (χ0n) is 8.59. The van der Waals surface area contributed by atoms with Gasteiger partial charge in [0.05, 0.1) is 10.7 Å². The van der Waals surface area contributed by atoms with Crippen LogP contribution in [0.5, 0.6) is 0 Å². The van der Waals surface area contributed by atoms with E-state index in [0.29, 0.717) is 16.4 Å². The van der Waals surface area contributed by atoms with Gasteiger partial charge in [0, 0.05) is 18.3 Å². The van der Waals surface area contributed by atoms with Crippen molar-refractivity contribution >= 4 is 17.3 Å². The van der Waals surface area contributed by atoms with E-state index in [1.165, 1.54) is 12.1 Å². The summed E-state index contributed by atoms with van der Waals surface area (Å²) in [6.45, 7) is 1.69. The minimum atomic E-state index is -0.293. The molecule has 0 radical (unpaired) electrons. The molecule has 1 aromatic rings. The third-order valence-corrected chi connectivity index (χ3v) is 2.37. The zero-order chi connectivity index (χ0) is 11.4. The topological polar surface area (TPSA) is 38.4 Å². The van der Waals surface area contributed by atoms with Crippen molar-refractivity contribution in [2.45, 2.75) is 6.92 Å². The molecule has 0 aliphatic carbocycles. The van der Waals surface area contributed by atoms with Crippen LogP contribution in [0.4, 0.5) is 4.39 Å². The second-order valence-electron chi connectivity index (χ2n) is 3.08. The van der Waals surface area contributed by atoms with Crippen LogP contribution in [-0.2, 0) is 0 Å². The number of hydrogen-bond donors (Lipinski definition) is 1. The maximum atomic E-state index is 12.7. The number of nitrogens with two attached hydrogens (primary N) is 1. The van der Waals surface area contributed by atoms with Crippen molar-refractivity contribution in [2.24, 2.45) is 10.7 Å². The summed E-state index contributed by atoms with van der Waals surface area (Å²) in [5, 5.41) is 0.393. The number of halogens is 2. The van der Waals surface area contributed by atoms with Gasteiger partial charge in [-0.05, 0) is 31.2 Å². The highest BCUT2D eigenvalue weighted by Crippen LogP contribution is 2.15. The standard InChI is InChI=1S/C11H12ClFN2/c1-7(14)10(12)11(15-2)8-3-5-9(13)6-4-8/h3-6H,14H2,1-2H3. The van der Waals surface area contributed by atoms with Gasteiger partial charge in [-0.3, -0.25) is 4.99 Å². The van der Waals surface area contributed by atoms with E-state index in [-0.39, 0.29) is 5.82 Å². The molecule has 0 spiro atoms. The van der Waals surface area contributed by atoms with Gasteiger partial charge in [0.2, 0.25) is 0 Å². The van der Waals surface area contributed by atoms with Crippen molar-refractivity contribution in [1.29, 1.82) is 0 Å². The lowest BCUT2D eigenvalue weighted by Gasteiger charge is -2.06. The molecule has 0 aliphatic rings. The summed E-state index contributed by atoms with van der Waals surface area (Å²) in [5.41, 5.74) is 7.37. The van der Waals surface area contributed by atoms with E-state index in [4.69, 9.17) is 17.3 Å². The quantitative estimate of drug-likeness (QED) is 0.774. The van der Waals surface area contributed by atoms with E-state index in [1.807, 2.05) is 0 Å². The normalized spacial score (nSPS) is 13.7. The maximum absolute atomic E-state index is 12.7. The number of benzene rings is 1. The van der Waals surface area contributed by atoms with Gasteiger partial charge in [-0.2, -0.15) is 0 Å². The summed E-state index contributed by atoms with van der Waals surface area (Å²) in [7, 11) is 1.62. The molecule has 1 aromatic carbocycles. The van der Waals surface area contributed by atoms with E-state index >= 15 is 0 Å². The van der Waals surface area contributed by atoms with Crippen molar-refractivity contribution in [3.8, 4) is 0 Å². The monoisotopic (exact) mass is 226 g/mol. The maximum Gasteiger partial charge on any atom is 0.123 e. The van der Waals surface area contributed by atoms with Crippen molar-refractivity contribution < 1.29 is 4.39 Å². The molecule has 2 nitrogen and oxygen atoms in total. The van der Waals surface area contributed by atoms with Crippen LogP contribution >= 0.6 is 11.6 Å². The first-order chi connectivity index (χ1) is 7.06. The second-order valence-corrected chi connectivity index (χ2v) is 3.45. The van der Waals surface area contributed by atoms with Crippen LogP contribution in [0.1, 0.15) is 12.5 Å². The van der Waals surface area contributed by atoms with Gasteiger partial charge >= 0.3 is 0 Å². The Kier molecular flexibility index (Phi) is 3.86. The molecule has 0 aromatic heterocycles. The smallest absolute Gasteiger partial charge is 0.123 e. The summed E-state index contributed by atoms with van der Waals surface area (Å²) in [5.74, 6) is -0.293. The highest BCUT2D eigenvalue weighted by Gasteiger charge is 2.08. The Bertz CT molecular complexity index is 403. The van der Waals surface area contributed by atoms with Gasteiger partial charge in [0.15, 0.2) is 0 Å². The molecular formula is C11H12ClFN2. The van der Waals surface area contributed by atoms with Gasteiger partial charge in [-0.25, -0.2) is 4.39 Å². The van der Waals surface area contributed by atoms with Crippen LogP contribution in [0.3, 0.4) is 0 Å². The number of allylic oxidation sites excluding steroid dienone is 2. The molecule has 0 aliphatic heterocycles. The van der Waals surface area contributed by atoms with Crippen molar-refractivity contribution in [2.75, 3.05) is 7.05 Å². The summed E-state index contributed by atoms with van der Waals surface area (Å²) >= 11 is 5.99. The minimum Gasteiger partial charge on any atom is -0.401 e. The van der Waals surface area contributed by atoms with E-state index in [0.717, 1.165) is 5.56 Å². The molecule has 0 atom stereocenters. The van der Waals surface area contributed by atoms with Crippen LogP contribution in [0.2, 0.25) is 0 Å². The summed E-state index contributed by atoms with van der Waals surface area (Å²) in [6.07, 6.45) is 0. The zero-order valence-corrected chi connectivity index (χ0v) is 9.35. The fourth-order valence-corrected chi connectivity index (χ4v) is 1.34. The first-order valence-electron chi connectivity index (χ1n) is 4.41. The fraction of sp³-hybridized carbons (Fsp3) is 0.182. The predicted molar refractivity (Wildman–Crippen MR) is 61.6 cm³/mol.